The van der Waals surface area contributed by atoms with Gasteiger partial charge in [-0.3, -0.25) is 4.40 Å². The molecule has 2 aromatic rings. The molecule has 5 heteroatoms. The molecule has 1 unspecified atom stereocenters. The van der Waals surface area contributed by atoms with Crippen LogP contribution in [0.4, 0.5) is 5.82 Å². The van der Waals surface area contributed by atoms with Crippen LogP contribution in [0.2, 0.25) is 0 Å². The summed E-state index contributed by atoms with van der Waals surface area (Å²) >= 11 is 1.69. The normalized spacial score (nSPS) is 18.3. The Bertz CT molecular complexity index is 551. The lowest BCUT2D eigenvalue weighted by Gasteiger charge is -2.25. The van der Waals surface area contributed by atoms with Gasteiger partial charge in [0.25, 0.3) is 0 Å². The van der Waals surface area contributed by atoms with Crippen molar-refractivity contribution in [1.29, 1.82) is 0 Å². The number of hydrogen-bond donors (Lipinski definition) is 1. The third-order valence-corrected chi connectivity index (χ3v) is 4.82. The van der Waals surface area contributed by atoms with Gasteiger partial charge in [0.1, 0.15) is 0 Å². The largest absolute Gasteiger partial charge is 0.355 e. The zero-order valence-corrected chi connectivity index (χ0v) is 12.5. The molecule has 2 N–H and O–H groups in total. The minimum atomic E-state index is 0.163. The molecule has 1 fully saturated rings. The number of rotatable bonds is 4. The van der Waals surface area contributed by atoms with Gasteiger partial charge in [0.05, 0.1) is 5.69 Å². The summed E-state index contributed by atoms with van der Waals surface area (Å²) < 4.78 is 2.20. The number of nitrogens with zero attached hydrogens (tertiary/aromatic N) is 3. The number of aromatic nitrogens is 2. The van der Waals surface area contributed by atoms with Gasteiger partial charge in [0.15, 0.2) is 10.8 Å². The van der Waals surface area contributed by atoms with Crippen molar-refractivity contribution >= 4 is 22.1 Å². The van der Waals surface area contributed by atoms with Gasteiger partial charge in [0, 0.05) is 37.1 Å². The van der Waals surface area contributed by atoms with Gasteiger partial charge < -0.3 is 10.6 Å². The van der Waals surface area contributed by atoms with Gasteiger partial charge in [-0.25, -0.2) is 4.98 Å². The standard InChI is InChI=1S/C14H22N4S/c1-10(15)9-12-13(16-14-18(12)7-8-19-14)17(2)11-5-3-4-6-11/h7-8,10-11H,3-6,9,15H2,1-2H3. The topological polar surface area (TPSA) is 46.6 Å². The smallest absolute Gasteiger partial charge is 0.195 e. The van der Waals surface area contributed by atoms with Crippen LogP contribution in [0.15, 0.2) is 11.6 Å². The number of anilines is 1. The molecule has 0 amide bonds. The molecule has 2 heterocycles. The van der Waals surface area contributed by atoms with Crippen LogP contribution in [0, 0.1) is 0 Å². The monoisotopic (exact) mass is 278 g/mol. The fourth-order valence-electron chi connectivity index (χ4n) is 3.06. The first-order valence-electron chi connectivity index (χ1n) is 7.09. The van der Waals surface area contributed by atoms with Crippen molar-refractivity contribution in [3.63, 3.8) is 0 Å². The molecule has 4 nitrogen and oxygen atoms in total. The van der Waals surface area contributed by atoms with Crippen molar-refractivity contribution in [3.8, 4) is 0 Å². The Kier molecular flexibility index (Phi) is 3.50. The van der Waals surface area contributed by atoms with E-state index in [9.17, 15) is 0 Å². The van der Waals surface area contributed by atoms with Gasteiger partial charge in [-0.15, -0.1) is 11.3 Å². The summed E-state index contributed by atoms with van der Waals surface area (Å²) in [6, 6.07) is 0.812. The Labute approximate surface area is 118 Å². The summed E-state index contributed by atoms with van der Waals surface area (Å²) in [6.45, 7) is 2.06. The maximum absolute atomic E-state index is 6.01. The van der Waals surface area contributed by atoms with Gasteiger partial charge >= 0.3 is 0 Å². The van der Waals surface area contributed by atoms with Crippen LogP contribution in [0.5, 0.6) is 0 Å². The molecular formula is C14H22N4S. The van der Waals surface area contributed by atoms with Crippen LogP contribution in [0.3, 0.4) is 0 Å². The average molecular weight is 278 g/mol. The predicted molar refractivity (Wildman–Crippen MR) is 81.1 cm³/mol. The fraction of sp³-hybridized carbons (Fsp3) is 0.643. The number of thiazole rings is 1. The highest BCUT2D eigenvalue weighted by Gasteiger charge is 2.25. The van der Waals surface area contributed by atoms with Crippen LogP contribution < -0.4 is 10.6 Å². The summed E-state index contributed by atoms with van der Waals surface area (Å²) in [6.07, 6.45) is 8.26. The first-order valence-corrected chi connectivity index (χ1v) is 7.97. The highest BCUT2D eigenvalue weighted by Crippen LogP contribution is 2.31. The van der Waals surface area contributed by atoms with E-state index in [0.29, 0.717) is 6.04 Å². The Morgan fingerprint density at radius 3 is 2.95 bits per heavy atom. The second kappa shape index (κ2) is 5.13. The van der Waals surface area contributed by atoms with E-state index in [0.717, 1.165) is 17.2 Å². The van der Waals surface area contributed by atoms with E-state index in [2.05, 4.69) is 34.8 Å². The second-order valence-corrected chi connectivity index (χ2v) is 6.54. The van der Waals surface area contributed by atoms with Crippen LogP contribution in [0.1, 0.15) is 38.3 Å². The van der Waals surface area contributed by atoms with E-state index in [4.69, 9.17) is 10.7 Å². The van der Waals surface area contributed by atoms with E-state index in [-0.39, 0.29) is 6.04 Å². The average Bonchev–Trinajstić information content (AvgIpc) is 3.04. The predicted octanol–water partition coefficient (Wildman–Crippen LogP) is 2.66. The molecule has 1 aliphatic carbocycles. The maximum Gasteiger partial charge on any atom is 0.195 e. The van der Waals surface area contributed by atoms with Crippen LogP contribution in [0.25, 0.3) is 4.96 Å². The number of fused-ring (bicyclic) bond motifs is 1. The lowest BCUT2D eigenvalue weighted by atomic mass is 10.1. The van der Waals surface area contributed by atoms with Crippen molar-refractivity contribution < 1.29 is 0 Å². The summed E-state index contributed by atoms with van der Waals surface area (Å²) in [7, 11) is 2.19. The molecule has 0 radical (unpaired) electrons. The van der Waals surface area contributed by atoms with E-state index < -0.39 is 0 Å². The molecule has 2 aromatic heterocycles. The molecule has 104 valence electrons. The molecule has 0 aliphatic heterocycles. The SMILES string of the molecule is CC(N)Cc1c(N(C)C2CCCC2)nc2sccn12. The first kappa shape index (κ1) is 12.9. The molecule has 0 aromatic carbocycles. The summed E-state index contributed by atoms with van der Waals surface area (Å²) in [4.78, 5) is 8.28. The Morgan fingerprint density at radius 2 is 2.26 bits per heavy atom. The van der Waals surface area contributed by atoms with Crippen molar-refractivity contribution in [2.24, 2.45) is 5.73 Å². The molecule has 19 heavy (non-hydrogen) atoms. The Morgan fingerprint density at radius 1 is 1.53 bits per heavy atom. The summed E-state index contributed by atoms with van der Waals surface area (Å²) in [5.74, 6) is 1.14. The van der Waals surface area contributed by atoms with Crippen molar-refractivity contribution in [2.75, 3.05) is 11.9 Å². The lowest BCUT2D eigenvalue weighted by molar-refractivity contribution is 0.639. The van der Waals surface area contributed by atoms with Crippen LogP contribution in [-0.2, 0) is 6.42 Å². The molecule has 1 aliphatic rings. The zero-order valence-electron chi connectivity index (χ0n) is 11.7. The molecule has 1 saturated carbocycles. The van der Waals surface area contributed by atoms with Crippen molar-refractivity contribution in [3.05, 3.63) is 17.3 Å². The van der Waals surface area contributed by atoms with E-state index >= 15 is 0 Å². The minimum absolute atomic E-state index is 0.163. The quantitative estimate of drug-likeness (QED) is 0.935. The molecule has 0 bridgehead atoms. The molecule has 0 spiro atoms. The first-order chi connectivity index (χ1) is 9.16. The van der Waals surface area contributed by atoms with E-state index in [1.807, 2.05) is 0 Å². The maximum atomic E-state index is 6.01. The van der Waals surface area contributed by atoms with Gasteiger partial charge in [-0.1, -0.05) is 12.8 Å². The number of nitrogens with two attached hydrogens (primary N) is 1. The van der Waals surface area contributed by atoms with Gasteiger partial charge in [0.2, 0.25) is 0 Å². The van der Waals surface area contributed by atoms with Gasteiger partial charge in [-0.05, 0) is 19.8 Å². The van der Waals surface area contributed by atoms with Crippen LogP contribution >= 0.6 is 11.3 Å². The third-order valence-electron chi connectivity index (χ3n) is 4.06. The summed E-state index contributed by atoms with van der Waals surface area (Å²) in [5, 5.41) is 2.09. The highest BCUT2D eigenvalue weighted by atomic mass is 32.1. The molecular weight excluding hydrogens is 256 g/mol. The Hall–Kier alpha value is -1.07. The van der Waals surface area contributed by atoms with Crippen molar-refractivity contribution in [2.45, 2.75) is 51.1 Å². The molecule has 3 rings (SSSR count). The highest BCUT2D eigenvalue weighted by molar-refractivity contribution is 7.15. The lowest BCUT2D eigenvalue weighted by Crippen LogP contribution is -2.31. The zero-order chi connectivity index (χ0) is 13.4. The molecule has 0 saturated heterocycles. The van der Waals surface area contributed by atoms with Crippen molar-refractivity contribution in [1.82, 2.24) is 9.38 Å². The molecule has 1 atom stereocenters. The van der Waals surface area contributed by atoms with Gasteiger partial charge in [-0.2, -0.15) is 0 Å². The van der Waals surface area contributed by atoms with Crippen LogP contribution in [-0.4, -0.2) is 28.5 Å². The summed E-state index contributed by atoms with van der Waals surface area (Å²) in [5.41, 5.74) is 7.27. The third kappa shape index (κ3) is 2.37. The number of hydrogen-bond acceptors (Lipinski definition) is 4. The van der Waals surface area contributed by atoms with E-state index in [1.165, 1.54) is 31.4 Å². The van der Waals surface area contributed by atoms with E-state index in [1.54, 1.807) is 11.3 Å². The number of imidazole rings is 1. The Balaban J connectivity index is 1.98. The minimum Gasteiger partial charge on any atom is -0.355 e. The fourth-order valence-corrected chi connectivity index (χ4v) is 3.79. The second-order valence-electron chi connectivity index (χ2n) is 5.67.